The lowest BCUT2D eigenvalue weighted by Gasteiger charge is -2.19. The second-order valence-electron chi connectivity index (χ2n) is 6.86. The van der Waals surface area contributed by atoms with E-state index < -0.39 is 12.1 Å². The molecule has 2 aromatic rings. The highest BCUT2D eigenvalue weighted by Crippen LogP contribution is 2.28. The van der Waals surface area contributed by atoms with Crippen LogP contribution in [0.25, 0.3) is 0 Å². The smallest absolute Gasteiger partial charge is 0.339 e. The molecule has 28 heavy (non-hydrogen) atoms. The molecule has 0 aliphatic heterocycles. The fourth-order valence-corrected chi connectivity index (χ4v) is 2.93. The van der Waals surface area contributed by atoms with Crippen molar-refractivity contribution in [3.8, 4) is 5.75 Å². The van der Waals surface area contributed by atoms with Crippen LogP contribution in [0.5, 0.6) is 5.75 Å². The molecule has 0 aromatic heterocycles. The van der Waals surface area contributed by atoms with Gasteiger partial charge in [0.15, 0.2) is 6.10 Å². The number of halogens is 1. The summed E-state index contributed by atoms with van der Waals surface area (Å²) in [5, 5.41) is 2.98. The summed E-state index contributed by atoms with van der Waals surface area (Å²) in [5.74, 6) is 0.173. The Morgan fingerprint density at radius 3 is 2.43 bits per heavy atom. The molecule has 1 unspecified atom stereocenters. The third-order valence-corrected chi connectivity index (χ3v) is 4.51. The average Bonchev–Trinajstić information content (AvgIpc) is 2.61. The van der Waals surface area contributed by atoms with Crippen LogP contribution >= 0.6 is 11.6 Å². The number of esters is 1. The van der Waals surface area contributed by atoms with E-state index in [-0.39, 0.29) is 29.0 Å². The minimum absolute atomic E-state index is 0.214. The van der Waals surface area contributed by atoms with Crippen molar-refractivity contribution in [3.63, 3.8) is 0 Å². The molecule has 6 heteroatoms. The van der Waals surface area contributed by atoms with Crippen molar-refractivity contribution in [2.75, 3.05) is 11.9 Å². The van der Waals surface area contributed by atoms with Crippen LogP contribution in [0.4, 0.5) is 5.69 Å². The van der Waals surface area contributed by atoms with Crippen LogP contribution in [0.15, 0.2) is 36.4 Å². The quantitative estimate of drug-likeness (QED) is 0.632. The first-order chi connectivity index (χ1) is 13.2. The number of ether oxygens (including phenoxy) is 2. The molecule has 0 fully saturated rings. The van der Waals surface area contributed by atoms with Crippen LogP contribution in [0.2, 0.25) is 5.02 Å². The fourth-order valence-electron chi connectivity index (χ4n) is 2.68. The number of hydrogen-bond donors (Lipinski definition) is 1. The Labute approximate surface area is 171 Å². The molecule has 2 aromatic carbocycles. The molecule has 0 aliphatic rings. The van der Waals surface area contributed by atoms with Crippen molar-refractivity contribution in [2.24, 2.45) is 0 Å². The maximum absolute atomic E-state index is 12.5. The summed E-state index contributed by atoms with van der Waals surface area (Å²) < 4.78 is 10.9. The van der Waals surface area contributed by atoms with Gasteiger partial charge in [-0.3, -0.25) is 4.79 Å². The second-order valence-corrected chi connectivity index (χ2v) is 7.27. The fraction of sp³-hybridized carbons (Fsp3) is 0.364. The van der Waals surface area contributed by atoms with Gasteiger partial charge in [0, 0.05) is 5.69 Å². The largest absolute Gasteiger partial charge is 0.481 e. The van der Waals surface area contributed by atoms with E-state index in [1.54, 1.807) is 19.9 Å². The van der Waals surface area contributed by atoms with Gasteiger partial charge in [-0.1, -0.05) is 37.6 Å². The number of nitrogens with one attached hydrogen (secondary N) is 1. The van der Waals surface area contributed by atoms with Crippen LogP contribution in [0, 0.1) is 6.92 Å². The highest BCUT2D eigenvalue weighted by atomic mass is 35.5. The van der Waals surface area contributed by atoms with Gasteiger partial charge in [0.2, 0.25) is 0 Å². The van der Waals surface area contributed by atoms with Gasteiger partial charge in [-0.05, 0) is 62.1 Å². The molecule has 1 atom stereocenters. The number of carbonyl (C=O) groups is 2. The van der Waals surface area contributed by atoms with Gasteiger partial charge in [-0.2, -0.15) is 0 Å². The van der Waals surface area contributed by atoms with Gasteiger partial charge in [0.05, 0.1) is 17.2 Å². The summed E-state index contributed by atoms with van der Waals surface area (Å²) in [6, 6.07) is 10.6. The van der Waals surface area contributed by atoms with Crippen LogP contribution in [-0.4, -0.2) is 24.6 Å². The zero-order valence-electron chi connectivity index (χ0n) is 16.8. The molecule has 0 heterocycles. The molecule has 0 bridgehead atoms. The van der Waals surface area contributed by atoms with E-state index in [0.717, 1.165) is 11.1 Å². The molecular formula is C22H26ClNO4. The number of carbonyl (C=O) groups excluding carboxylic acids is 2. The number of anilines is 1. The monoisotopic (exact) mass is 403 g/mol. The zero-order chi connectivity index (χ0) is 20.8. The van der Waals surface area contributed by atoms with Gasteiger partial charge in [0.1, 0.15) is 5.75 Å². The summed E-state index contributed by atoms with van der Waals surface area (Å²) in [6.45, 7) is 9.82. The molecule has 1 amide bonds. The van der Waals surface area contributed by atoms with E-state index in [9.17, 15) is 9.59 Å². The summed E-state index contributed by atoms with van der Waals surface area (Å²) in [4.78, 5) is 24.4. The standard InChI is InChI=1S/C22H26ClNO4/c1-6-27-22(26)18-10-8-16(12-19(18)23)24-21(25)15(5)28-20-11-14(4)7-9-17(20)13(2)3/h7-13,15H,6H2,1-5H3,(H,24,25). The zero-order valence-corrected chi connectivity index (χ0v) is 17.6. The van der Waals surface area contributed by atoms with E-state index in [1.165, 1.54) is 12.1 Å². The maximum atomic E-state index is 12.5. The normalized spacial score (nSPS) is 11.8. The van der Waals surface area contributed by atoms with Crippen molar-refractivity contribution in [1.82, 2.24) is 0 Å². The van der Waals surface area contributed by atoms with E-state index in [0.29, 0.717) is 11.4 Å². The SMILES string of the molecule is CCOC(=O)c1ccc(NC(=O)C(C)Oc2cc(C)ccc2C(C)C)cc1Cl. The summed E-state index contributed by atoms with van der Waals surface area (Å²) in [6.07, 6.45) is -0.706. The van der Waals surface area contributed by atoms with Crippen LogP contribution in [-0.2, 0) is 9.53 Å². The molecule has 0 saturated heterocycles. The van der Waals surface area contributed by atoms with E-state index in [2.05, 4.69) is 19.2 Å². The molecule has 2 rings (SSSR count). The lowest BCUT2D eigenvalue weighted by Crippen LogP contribution is -2.30. The Morgan fingerprint density at radius 2 is 1.82 bits per heavy atom. The van der Waals surface area contributed by atoms with Gasteiger partial charge in [-0.15, -0.1) is 0 Å². The number of benzene rings is 2. The first-order valence-corrected chi connectivity index (χ1v) is 9.65. The predicted molar refractivity (Wildman–Crippen MR) is 111 cm³/mol. The van der Waals surface area contributed by atoms with Crippen molar-refractivity contribution in [2.45, 2.75) is 46.6 Å². The first kappa shape index (κ1) is 21.8. The van der Waals surface area contributed by atoms with Crippen molar-refractivity contribution >= 4 is 29.2 Å². The Balaban J connectivity index is 2.10. The third-order valence-electron chi connectivity index (χ3n) is 4.20. The number of amides is 1. The van der Waals surface area contributed by atoms with E-state index >= 15 is 0 Å². The highest BCUT2D eigenvalue weighted by Gasteiger charge is 2.19. The molecule has 0 saturated carbocycles. The van der Waals surface area contributed by atoms with Crippen LogP contribution in [0.1, 0.15) is 55.1 Å². The van der Waals surface area contributed by atoms with Crippen molar-refractivity contribution in [1.29, 1.82) is 0 Å². The molecule has 0 spiro atoms. The first-order valence-electron chi connectivity index (χ1n) is 9.27. The lowest BCUT2D eigenvalue weighted by molar-refractivity contribution is -0.122. The maximum Gasteiger partial charge on any atom is 0.339 e. The Bertz CT molecular complexity index is 864. The Morgan fingerprint density at radius 1 is 1.11 bits per heavy atom. The Kier molecular flexibility index (Phi) is 7.46. The molecule has 5 nitrogen and oxygen atoms in total. The van der Waals surface area contributed by atoms with Crippen LogP contribution in [0.3, 0.4) is 0 Å². The predicted octanol–water partition coefficient (Wildman–Crippen LogP) is 5.35. The highest BCUT2D eigenvalue weighted by molar-refractivity contribution is 6.34. The number of rotatable bonds is 7. The third kappa shape index (κ3) is 5.49. The van der Waals surface area contributed by atoms with Crippen molar-refractivity contribution in [3.05, 3.63) is 58.1 Å². The van der Waals surface area contributed by atoms with Gasteiger partial charge >= 0.3 is 5.97 Å². The van der Waals surface area contributed by atoms with Crippen LogP contribution < -0.4 is 10.1 Å². The summed E-state index contributed by atoms with van der Waals surface area (Å²) >= 11 is 6.14. The minimum Gasteiger partial charge on any atom is -0.481 e. The molecule has 0 radical (unpaired) electrons. The number of aryl methyl sites for hydroxylation is 1. The molecular weight excluding hydrogens is 378 g/mol. The lowest BCUT2D eigenvalue weighted by atomic mass is 10.0. The Hall–Kier alpha value is -2.53. The number of hydrogen-bond acceptors (Lipinski definition) is 4. The minimum atomic E-state index is -0.706. The van der Waals surface area contributed by atoms with Gasteiger partial charge in [0.25, 0.3) is 5.91 Å². The van der Waals surface area contributed by atoms with Gasteiger partial charge < -0.3 is 14.8 Å². The summed E-state index contributed by atoms with van der Waals surface area (Å²) in [5.41, 5.74) is 2.85. The van der Waals surface area contributed by atoms with E-state index in [4.69, 9.17) is 21.1 Å². The topological polar surface area (TPSA) is 64.6 Å². The van der Waals surface area contributed by atoms with E-state index in [1.807, 2.05) is 25.1 Å². The molecule has 0 aliphatic carbocycles. The average molecular weight is 404 g/mol. The second kappa shape index (κ2) is 9.60. The molecule has 1 N–H and O–H groups in total. The van der Waals surface area contributed by atoms with Crippen molar-refractivity contribution < 1.29 is 19.1 Å². The summed E-state index contributed by atoms with van der Waals surface area (Å²) in [7, 11) is 0. The molecule has 150 valence electrons. The van der Waals surface area contributed by atoms with Gasteiger partial charge in [-0.25, -0.2) is 4.79 Å².